The maximum absolute atomic E-state index is 13.3. The molecule has 0 unspecified atom stereocenters. The smallest absolute Gasteiger partial charge is 0.241 e. The quantitative estimate of drug-likeness (QED) is 0.384. The number of benzene rings is 4. The first-order chi connectivity index (χ1) is 15.5. The molecule has 162 valence electrons. The van der Waals surface area contributed by atoms with Crippen molar-refractivity contribution < 1.29 is 13.2 Å². The lowest BCUT2D eigenvalue weighted by atomic mass is 10.0. The van der Waals surface area contributed by atoms with Crippen LogP contribution in [-0.4, -0.2) is 15.5 Å². The van der Waals surface area contributed by atoms with Gasteiger partial charge in [-0.15, -0.1) is 0 Å². The van der Waals surface area contributed by atoms with Crippen molar-refractivity contribution in [1.82, 2.24) is 4.72 Å². The summed E-state index contributed by atoms with van der Waals surface area (Å²) in [4.78, 5) is 0.174. The minimum atomic E-state index is -3.78. The summed E-state index contributed by atoms with van der Waals surface area (Å²) in [5.41, 5.74) is 2.87. The van der Waals surface area contributed by atoms with E-state index < -0.39 is 16.1 Å². The zero-order chi connectivity index (χ0) is 22.3. The van der Waals surface area contributed by atoms with Gasteiger partial charge in [-0.1, -0.05) is 48.0 Å². The first-order valence-electron chi connectivity index (χ1n) is 10.2. The average molecular weight is 465 g/mol. The van der Waals surface area contributed by atoms with Crippen molar-refractivity contribution in [3.05, 3.63) is 101 Å². The van der Waals surface area contributed by atoms with Crippen molar-refractivity contribution in [2.24, 2.45) is 0 Å². The van der Waals surface area contributed by atoms with E-state index in [0.717, 1.165) is 33.3 Å². The minimum Gasteiger partial charge on any atom is -0.497 e. The van der Waals surface area contributed by atoms with Gasteiger partial charge in [0, 0.05) is 10.7 Å². The van der Waals surface area contributed by atoms with Crippen molar-refractivity contribution in [1.29, 1.82) is 0 Å². The highest BCUT2D eigenvalue weighted by molar-refractivity contribution is 7.89. The normalized spacial score (nSPS) is 17.4. The molecule has 32 heavy (non-hydrogen) atoms. The largest absolute Gasteiger partial charge is 0.497 e. The second-order valence-corrected chi connectivity index (χ2v) is 9.85. The third kappa shape index (κ3) is 3.71. The molecule has 2 atom stereocenters. The number of sulfonamides is 1. The summed E-state index contributed by atoms with van der Waals surface area (Å²) in [6, 6.07) is 25.1. The second-order valence-electron chi connectivity index (χ2n) is 7.70. The van der Waals surface area contributed by atoms with Crippen LogP contribution in [0.5, 0.6) is 5.75 Å². The van der Waals surface area contributed by atoms with Gasteiger partial charge < -0.3 is 10.1 Å². The molecular formula is C25H21ClN2O3S. The highest BCUT2D eigenvalue weighted by atomic mass is 35.5. The predicted octanol–water partition coefficient (Wildman–Crippen LogP) is 5.69. The monoisotopic (exact) mass is 464 g/mol. The molecule has 1 aliphatic carbocycles. The summed E-state index contributed by atoms with van der Waals surface area (Å²) in [6.07, 6.45) is 0. The van der Waals surface area contributed by atoms with E-state index in [2.05, 4.69) is 10.0 Å². The molecule has 0 bridgehead atoms. The van der Waals surface area contributed by atoms with Crippen LogP contribution in [0.15, 0.2) is 89.8 Å². The number of anilines is 1. The Bertz CT molecular complexity index is 1380. The number of halogens is 1. The van der Waals surface area contributed by atoms with Gasteiger partial charge in [-0.2, -0.15) is 0 Å². The van der Waals surface area contributed by atoms with Crippen LogP contribution in [0.2, 0.25) is 5.02 Å². The van der Waals surface area contributed by atoms with E-state index in [1.807, 2.05) is 60.7 Å². The third-order valence-electron chi connectivity index (χ3n) is 5.79. The molecule has 0 saturated carbocycles. The van der Waals surface area contributed by atoms with Gasteiger partial charge in [0.15, 0.2) is 0 Å². The topological polar surface area (TPSA) is 67.4 Å². The Hall–Kier alpha value is -3.06. The number of hydrogen-bond donors (Lipinski definition) is 2. The summed E-state index contributed by atoms with van der Waals surface area (Å²) in [7, 11) is -2.16. The molecule has 0 aromatic heterocycles. The Morgan fingerprint density at radius 3 is 2.06 bits per heavy atom. The Kier molecular flexibility index (Phi) is 5.29. The highest BCUT2D eigenvalue weighted by Crippen LogP contribution is 2.46. The fraction of sp³-hybridized carbons (Fsp3) is 0.120. The third-order valence-corrected chi connectivity index (χ3v) is 7.50. The number of ether oxygens (including phenoxy) is 1. The van der Waals surface area contributed by atoms with E-state index in [1.165, 1.54) is 12.1 Å². The zero-order valence-corrected chi connectivity index (χ0v) is 18.8. The van der Waals surface area contributed by atoms with Crippen LogP contribution in [0.1, 0.15) is 23.2 Å². The van der Waals surface area contributed by atoms with E-state index >= 15 is 0 Å². The molecule has 4 aromatic rings. The zero-order valence-electron chi connectivity index (χ0n) is 17.2. The van der Waals surface area contributed by atoms with Crippen molar-refractivity contribution in [3.63, 3.8) is 0 Å². The molecule has 4 aromatic carbocycles. The van der Waals surface area contributed by atoms with E-state index in [4.69, 9.17) is 16.3 Å². The fourth-order valence-corrected chi connectivity index (χ4v) is 5.64. The molecule has 5 rings (SSSR count). The van der Waals surface area contributed by atoms with Crippen LogP contribution >= 0.6 is 11.6 Å². The maximum Gasteiger partial charge on any atom is 0.241 e. The van der Waals surface area contributed by atoms with Gasteiger partial charge >= 0.3 is 0 Å². The minimum absolute atomic E-state index is 0.174. The Morgan fingerprint density at radius 1 is 0.812 bits per heavy atom. The van der Waals surface area contributed by atoms with Gasteiger partial charge in [0.25, 0.3) is 0 Å². The number of nitrogens with one attached hydrogen (secondary N) is 2. The van der Waals surface area contributed by atoms with Crippen LogP contribution in [0.25, 0.3) is 10.8 Å². The standard InChI is InChI=1S/C25H21ClN2O3S/c1-31-19-12-10-18(11-13-19)27-24-21-6-2-4-16-5-3-7-22(23(16)21)25(24)28-32(29,30)20-14-8-17(26)9-15-20/h2-15,24-25,27-28H,1H3/t24-,25-/m0/s1. The SMILES string of the molecule is COc1ccc(N[C@H]2c3cccc4cccc(c34)[C@@H]2NS(=O)(=O)c2ccc(Cl)cc2)cc1. The number of methoxy groups -OCH3 is 1. The molecule has 1 aliphatic rings. The Labute approximate surface area is 192 Å². The molecule has 0 spiro atoms. The summed E-state index contributed by atoms with van der Waals surface area (Å²) < 4.78 is 34.7. The van der Waals surface area contributed by atoms with Crippen molar-refractivity contribution in [2.45, 2.75) is 17.0 Å². The van der Waals surface area contributed by atoms with Gasteiger partial charge in [0.1, 0.15) is 5.75 Å². The van der Waals surface area contributed by atoms with Gasteiger partial charge in [0.2, 0.25) is 10.0 Å². The van der Waals surface area contributed by atoms with Crippen LogP contribution in [0, 0.1) is 0 Å². The van der Waals surface area contributed by atoms with E-state index in [-0.39, 0.29) is 10.9 Å². The summed E-state index contributed by atoms with van der Waals surface area (Å²) >= 11 is 5.95. The maximum atomic E-state index is 13.3. The van der Waals surface area contributed by atoms with Crippen LogP contribution < -0.4 is 14.8 Å². The molecule has 0 radical (unpaired) electrons. The van der Waals surface area contributed by atoms with E-state index in [1.54, 1.807) is 19.2 Å². The number of rotatable bonds is 6. The van der Waals surface area contributed by atoms with E-state index in [9.17, 15) is 8.42 Å². The molecule has 0 heterocycles. The second kappa shape index (κ2) is 8.13. The van der Waals surface area contributed by atoms with Gasteiger partial charge in [-0.05, 0) is 70.4 Å². The van der Waals surface area contributed by atoms with Crippen LogP contribution in [-0.2, 0) is 10.0 Å². The lowest BCUT2D eigenvalue weighted by molar-refractivity contribution is 0.415. The Balaban J connectivity index is 1.56. The summed E-state index contributed by atoms with van der Waals surface area (Å²) in [6.45, 7) is 0. The van der Waals surface area contributed by atoms with Crippen molar-refractivity contribution >= 4 is 38.1 Å². The van der Waals surface area contributed by atoms with Crippen molar-refractivity contribution in [3.8, 4) is 5.75 Å². The molecule has 2 N–H and O–H groups in total. The Morgan fingerprint density at radius 2 is 1.44 bits per heavy atom. The van der Waals surface area contributed by atoms with Crippen LogP contribution in [0.3, 0.4) is 0 Å². The van der Waals surface area contributed by atoms with Gasteiger partial charge in [-0.25, -0.2) is 13.1 Å². The number of hydrogen-bond acceptors (Lipinski definition) is 4. The molecule has 0 aliphatic heterocycles. The van der Waals surface area contributed by atoms with Gasteiger partial charge in [-0.3, -0.25) is 0 Å². The first kappa shape index (κ1) is 20.8. The molecular weight excluding hydrogens is 444 g/mol. The molecule has 7 heteroatoms. The average Bonchev–Trinajstić information content (AvgIpc) is 3.09. The predicted molar refractivity (Wildman–Crippen MR) is 128 cm³/mol. The lowest BCUT2D eigenvalue weighted by Crippen LogP contribution is -2.33. The molecule has 0 fully saturated rings. The van der Waals surface area contributed by atoms with Crippen molar-refractivity contribution in [2.75, 3.05) is 12.4 Å². The summed E-state index contributed by atoms with van der Waals surface area (Å²) in [5.74, 6) is 0.757. The highest BCUT2D eigenvalue weighted by Gasteiger charge is 2.37. The lowest BCUT2D eigenvalue weighted by Gasteiger charge is -2.25. The molecule has 0 saturated heterocycles. The molecule has 0 amide bonds. The van der Waals surface area contributed by atoms with Gasteiger partial charge in [0.05, 0.1) is 24.1 Å². The van der Waals surface area contributed by atoms with Crippen LogP contribution in [0.4, 0.5) is 5.69 Å². The first-order valence-corrected chi connectivity index (χ1v) is 12.0. The summed E-state index contributed by atoms with van der Waals surface area (Å²) in [5, 5.41) is 6.17. The fourth-order valence-electron chi connectivity index (χ4n) is 4.29. The van der Waals surface area contributed by atoms with E-state index in [0.29, 0.717) is 5.02 Å². The molecule has 5 nitrogen and oxygen atoms in total.